The van der Waals surface area contributed by atoms with Crippen LogP contribution in [0, 0.1) is 17.5 Å². The van der Waals surface area contributed by atoms with Crippen molar-refractivity contribution in [3.05, 3.63) is 94.4 Å². The van der Waals surface area contributed by atoms with E-state index in [9.17, 15) is 22.8 Å². The highest BCUT2D eigenvalue weighted by atomic mass is 19.1. The summed E-state index contributed by atoms with van der Waals surface area (Å²) in [5, 5.41) is 2.43. The topological polar surface area (TPSA) is 121 Å². The van der Waals surface area contributed by atoms with Gasteiger partial charge in [-0.2, -0.15) is 9.37 Å². The molecule has 0 aliphatic heterocycles. The van der Waals surface area contributed by atoms with E-state index < -0.39 is 46.4 Å². The third kappa shape index (κ3) is 4.97. The molecule has 184 valence electrons. The summed E-state index contributed by atoms with van der Waals surface area (Å²) in [7, 11) is 0. The van der Waals surface area contributed by atoms with Gasteiger partial charge in [0, 0.05) is 23.6 Å². The number of hydrogen-bond donors (Lipinski definition) is 2. The molecule has 0 bridgehead atoms. The number of nitrogens with zero attached hydrogens (tertiary/aromatic N) is 3. The molecule has 2 aromatic carbocycles. The molecule has 9 nitrogen and oxygen atoms in total. The zero-order valence-corrected chi connectivity index (χ0v) is 18.7. The Morgan fingerprint density at radius 2 is 1.81 bits per heavy atom. The van der Waals surface area contributed by atoms with Crippen LogP contribution in [0.1, 0.15) is 17.3 Å². The summed E-state index contributed by atoms with van der Waals surface area (Å²) in [6.07, 6.45) is 2.34. The Hall–Kier alpha value is -4.87. The minimum atomic E-state index is -1.06. The molecule has 12 heteroatoms. The molecular formula is C24H18F3N5O4. The lowest BCUT2D eigenvalue weighted by molar-refractivity contribution is 0.102. The van der Waals surface area contributed by atoms with Gasteiger partial charge in [-0.05, 0) is 49.4 Å². The number of anilines is 2. The van der Waals surface area contributed by atoms with Crippen molar-refractivity contribution in [1.29, 1.82) is 0 Å². The summed E-state index contributed by atoms with van der Waals surface area (Å²) in [5.74, 6) is -4.80. The predicted octanol–water partition coefficient (Wildman–Crippen LogP) is 4.07. The first-order valence-corrected chi connectivity index (χ1v) is 10.5. The maximum Gasteiger partial charge on any atom is 0.271 e. The van der Waals surface area contributed by atoms with Gasteiger partial charge in [0.15, 0.2) is 17.4 Å². The number of rotatable bonds is 7. The number of aromatic nitrogens is 3. The highest BCUT2D eigenvalue weighted by Gasteiger charge is 2.21. The number of nitrogens with one attached hydrogen (secondary N) is 1. The third-order valence-electron chi connectivity index (χ3n) is 4.87. The van der Waals surface area contributed by atoms with Gasteiger partial charge in [-0.1, -0.05) is 0 Å². The monoisotopic (exact) mass is 497 g/mol. The van der Waals surface area contributed by atoms with Crippen molar-refractivity contribution in [3.63, 3.8) is 0 Å². The zero-order valence-electron chi connectivity index (χ0n) is 18.7. The lowest BCUT2D eigenvalue weighted by atomic mass is 10.2. The molecule has 2 heterocycles. The predicted molar refractivity (Wildman–Crippen MR) is 124 cm³/mol. The highest BCUT2D eigenvalue weighted by molar-refractivity contribution is 6.06. The number of nitrogens with two attached hydrogens (primary N) is 1. The molecule has 4 rings (SSSR count). The Bertz CT molecular complexity index is 1490. The molecule has 0 spiro atoms. The van der Waals surface area contributed by atoms with Gasteiger partial charge in [-0.3, -0.25) is 14.2 Å². The molecule has 0 saturated carbocycles. The summed E-state index contributed by atoms with van der Waals surface area (Å²) in [6, 6.07) is 9.84. The van der Waals surface area contributed by atoms with Gasteiger partial charge in [0.05, 0.1) is 6.61 Å². The fourth-order valence-electron chi connectivity index (χ4n) is 3.21. The Morgan fingerprint density at radius 1 is 1.06 bits per heavy atom. The molecular weight excluding hydrogens is 479 g/mol. The van der Waals surface area contributed by atoms with Gasteiger partial charge in [0.25, 0.3) is 17.3 Å². The van der Waals surface area contributed by atoms with E-state index in [2.05, 4.69) is 15.3 Å². The SMILES string of the molecule is CCOc1ccn(-c2ccc(F)cc2)c(=O)c1C(=O)Nc1ccc(Oc2ncnc(N)c2F)c(F)c1. The van der Waals surface area contributed by atoms with Crippen LogP contribution < -0.4 is 26.1 Å². The van der Waals surface area contributed by atoms with Crippen LogP contribution in [-0.2, 0) is 0 Å². The molecule has 0 radical (unpaired) electrons. The molecule has 0 aliphatic carbocycles. The molecule has 3 N–H and O–H groups in total. The molecule has 0 saturated heterocycles. The molecule has 1 amide bonds. The summed E-state index contributed by atoms with van der Waals surface area (Å²) in [4.78, 5) is 33.2. The second kappa shape index (κ2) is 10.2. The largest absolute Gasteiger partial charge is 0.493 e. The summed E-state index contributed by atoms with van der Waals surface area (Å²) >= 11 is 0. The number of pyridine rings is 1. The fourth-order valence-corrected chi connectivity index (χ4v) is 3.21. The van der Waals surface area contributed by atoms with Crippen molar-refractivity contribution in [2.24, 2.45) is 0 Å². The third-order valence-corrected chi connectivity index (χ3v) is 4.87. The van der Waals surface area contributed by atoms with Gasteiger partial charge in [0.1, 0.15) is 23.5 Å². The second-order valence-corrected chi connectivity index (χ2v) is 7.22. The molecule has 0 aliphatic rings. The van der Waals surface area contributed by atoms with E-state index in [1.165, 1.54) is 42.6 Å². The van der Waals surface area contributed by atoms with Gasteiger partial charge < -0.3 is 20.5 Å². The number of ether oxygens (including phenoxy) is 2. The minimum Gasteiger partial charge on any atom is -0.493 e. The Labute approximate surface area is 202 Å². The van der Waals surface area contributed by atoms with Crippen molar-refractivity contribution in [1.82, 2.24) is 14.5 Å². The first-order valence-electron chi connectivity index (χ1n) is 10.5. The van der Waals surface area contributed by atoms with Crippen LogP contribution in [0.15, 0.2) is 65.8 Å². The van der Waals surface area contributed by atoms with Crippen molar-refractivity contribution >= 4 is 17.4 Å². The summed E-state index contributed by atoms with van der Waals surface area (Å²) in [5.41, 5.74) is 4.57. The van der Waals surface area contributed by atoms with Gasteiger partial charge in [-0.25, -0.2) is 13.8 Å². The number of hydrogen-bond acceptors (Lipinski definition) is 7. The van der Waals surface area contributed by atoms with E-state index in [1.807, 2.05) is 0 Å². The van der Waals surface area contributed by atoms with Crippen LogP contribution in [-0.4, -0.2) is 27.0 Å². The van der Waals surface area contributed by atoms with E-state index >= 15 is 0 Å². The zero-order chi connectivity index (χ0) is 25.8. The summed E-state index contributed by atoms with van der Waals surface area (Å²) < 4.78 is 53.6. The molecule has 0 atom stereocenters. The second-order valence-electron chi connectivity index (χ2n) is 7.22. The minimum absolute atomic E-state index is 0.00983. The quantitative estimate of drug-likeness (QED) is 0.395. The highest BCUT2D eigenvalue weighted by Crippen LogP contribution is 2.28. The fraction of sp³-hybridized carbons (Fsp3) is 0.0833. The van der Waals surface area contributed by atoms with Crippen LogP contribution in [0.4, 0.5) is 24.7 Å². The average molecular weight is 497 g/mol. The number of halogens is 3. The van der Waals surface area contributed by atoms with Gasteiger partial charge in [-0.15, -0.1) is 0 Å². The van der Waals surface area contributed by atoms with Crippen molar-refractivity contribution in [2.75, 3.05) is 17.7 Å². The molecule has 36 heavy (non-hydrogen) atoms. The van der Waals surface area contributed by atoms with Crippen molar-refractivity contribution in [2.45, 2.75) is 6.92 Å². The van der Waals surface area contributed by atoms with Gasteiger partial charge in [0.2, 0.25) is 5.82 Å². The van der Waals surface area contributed by atoms with Crippen LogP contribution in [0.25, 0.3) is 5.69 Å². The maximum absolute atomic E-state index is 14.6. The van der Waals surface area contributed by atoms with E-state index in [4.69, 9.17) is 15.2 Å². The average Bonchev–Trinajstić information content (AvgIpc) is 2.84. The normalized spacial score (nSPS) is 10.7. The van der Waals surface area contributed by atoms with Crippen LogP contribution in [0.5, 0.6) is 17.4 Å². The molecule has 2 aromatic heterocycles. The molecule has 0 unspecified atom stereocenters. The first kappa shape index (κ1) is 24.3. The smallest absolute Gasteiger partial charge is 0.271 e. The molecule has 0 fully saturated rings. The van der Waals surface area contributed by atoms with E-state index in [-0.39, 0.29) is 23.6 Å². The summed E-state index contributed by atoms with van der Waals surface area (Å²) in [6.45, 7) is 1.85. The Morgan fingerprint density at radius 3 is 2.50 bits per heavy atom. The molecule has 4 aromatic rings. The number of carbonyl (C=O) groups is 1. The first-order chi connectivity index (χ1) is 17.3. The van der Waals surface area contributed by atoms with Crippen LogP contribution >= 0.6 is 0 Å². The standard InChI is InChI=1S/C24H18F3N5O4/c1-2-35-18-9-10-32(15-6-3-13(25)4-7-15)24(34)19(18)22(33)31-14-5-8-17(16(26)11-14)36-23-20(27)21(28)29-12-30-23/h3-12H,2H2,1H3,(H,31,33)(H2,28,29,30). The lowest BCUT2D eigenvalue weighted by Gasteiger charge is -2.14. The van der Waals surface area contributed by atoms with Crippen molar-refractivity contribution in [3.8, 4) is 23.1 Å². The number of carbonyl (C=O) groups excluding carboxylic acids is 1. The Balaban J connectivity index is 1.63. The van der Waals surface area contributed by atoms with Crippen LogP contribution in [0.2, 0.25) is 0 Å². The van der Waals surface area contributed by atoms with E-state index in [0.29, 0.717) is 5.69 Å². The van der Waals surface area contributed by atoms with Crippen molar-refractivity contribution < 1.29 is 27.4 Å². The van der Waals surface area contributed by atoms with Gasteiger partial charge >= 0.3 is 0 Å². The lowest BCUT2D eigenvalue weighted by Crippen LogP contribution is -2.29. The van der Waals surface area contributed by atoms with Crippen LogP contribution in [0.3, 0.4) is 0 Å². The number of nitrogen functional groups attached to an aromatic ring is 1. The van der Waals surface area contributed by atoms with E-state index in [0.717, 1.165) is 23.0 Å². The Kier molecular flexibility index (Phi) is 6.86. The van der Waals surface area contributed by atoms with E-state index in [1.54, 1.807) is 6.92 Å². The number of amides is 1. The maximum atomic E-state index is 14.6. The number of benzene rings is 2.